The Balaban J connectivity index is 1.55. The number of halogens is 2. The minimum atomic E-state index is -0.454. The van der Waals surface area contributed by atoms with E-state index in [1.807, 2.05) is 0 Å². The Morgan fingerprint density at radius 3 is 2.68 bits per heavy atom. The largest absolute Gasteiger partial charge is 0.376 e. The molecule has 1 atom stereocenters. The van der Waals surface area contributed by atoms with Crippen LogP contribution in [0.1, 0.15) is 43.9 Å². The van der Waals surface area contributed by atoms with Gasteiger partial charge in [0.05, 0.1) is 39.5 Å². The number of benzene rings is 2. The zero-order chi connectivity index (χ0) is 19.8. The second-order valence-electron chi connectivity index (χ2n) is 6.67. The average molecular weight is 419 g/mol. The molecule has 0 bridgehead atoms. The van der Waals surface area contributed by atoms with Crippen LogP contribution in [0.3, 0.4) is 0 Å². The highest BCUT2D eigenvalue weighted by atomic mass is 35.5. The summed E-state index contributed by atoms with van der Waals surface area (Å²) in [5, 5.41) is 3.22. The van der Waals surface area contributed by atoms with Crippen molar-refractivity contribution in [1.82, 2.24) is 4.90 Å². The summed E-state index contributed by atoms with van der Waals surface area (Å²) in [4.78, 5) is 39.0. The van der Waals surface area contributed by atoms with Gasteiger partial charge >= 0.3 is 0 Å². The molecule has 0 aliphatic carbocycles. The highest BCUT2D eigenvalue weighted by Crippen LogP contribution is 2.30. The lowest BCUT2D eigenvalue weighted by atomic mass is 10.1. The molecule has 2 aliphatic heterocycles. The number of carbonyl (C=O) groups is 3. The Hall–Kier alpha value is -2.41. The average Bonchev–Trinajstić information content (AvgIpc) is 3.28. The van der Waals surface area contributed by atoms with Gasteiger partial charge in [-0.15, -0.1) is 0 Å². The molecule has 3 amide bonds. The molecule has 2 heterocycles. The first-order chi connectivity index (χ1) is 13.5. The summed E-state index contributed by atoms with van der Waals surface area (Å²) in [5.74, 6) is -1.23. The Morgan fingerprint density at radius 1 is 1.14 bits per heavy atom. The van der Waals surface area contributed by atoms with Crippen molar-refractivity contribution >= 4 is 46.6 Å². The number of ether oxygens (including phenoxy) is 1. The maximum Gasteiger partial charge on any atom is 0.261 e. The molecule has 1 unspecified atom stereocenters. The molecule has 144 valence electrons. The molecule has 6 nitrogen and oxygen atoms in total. The van der Waals surface area contributed by atoms with E-state index in [0.29, 0.717) is 22.9 Å². The monoisotopic (exact) mass is 418 g/mol. The van der Waals surface area contributed by atoms with Crippen LogP contribution in [0.4, 0.5) is 5.69 Å². The Labute approximate surface area is 171 Å². The van der Waals surface area contributed by atoms with E-state index < -0.39 is 11.8 Å². The number of imide groups is 1. The molecule has 1 fully saturated rings. The summed E-state index contributed by atoms with van der Waals surface area (Å²) >= 11 is 12.1. The summed E-state index contributed by atoms with van der Waals surface area (Å²) in [6.07, 6.45) is 1.61. The number of hydrogen-bond donors (Lipinski definition) is 1. The quantitative estimate of drug-likeness (QED) is 0.760. The molecule has 1 N–H and O–H groups in total. The van der Waals surface area contributed by atoms with E-state index in [1.165, 1.54) is 23.1 Å². The minimum absolute atomic E-state index is 0.130. The second-order valence-corrected chi connectivity index (χ2v) is 7.46. The van der Waals surface area contributed by atoms with Crippen molar-refractivity contribution < 1.29 is 19.1 Å². The van der Waals surface area contributed by atoms with Gasteiger partial charge in [-0.1, -0.05) is 29.3 Å². The predicted octanol–water partition coefficient (Wildman–Crippen LogP) is 4.02. The third-order valence-electron chi connectivity index (χ3n) is 4.84. The summed E-state index contributed by atoms with van der Waals surface area (Å²) in [6.45, 7) is 0.871. The van der Waals surface area contributed by atoms with Gasteiger partial charge in [-0.2, -0.15) is 0 Å². The van der Waals surface area contributed by atoms with E-state index in [0.717, 1.165) is 12.8 Å². The Morgan fingerprint density at radius 2 is 1.93 bits per heavy atom. The van der Waals surface area contributed by atoms with Crippen molar-refractivity contribution in [2.24, 2.45) is 0 Å². The standard InChI is InChI=1S/C20H16Cl2N2O4/c21-15-4-1-5-16(17(15)22)23-18(25)11-6-7-13-14(9-11)20(27)24(19(13)26)10-12-3-2-8-28-12/h1,4-7,9,12H,2-3,8,10H2,(H,23,25). The number of anilines is 1. The number of fused-ring (bicyclic) bond motifs is 1. The predicted molar refractivity (Wildman–Crippen MR) is 105 cm³/mol. The van der Waals surface area contributed by atoms with Crippen molar-refractivity contribution in [1.29, 1.82) is 0 Å². The smallest absolute Gasteiger partial charge is 0.261 e. The zero-order valence-corrected chi connectivity index (χ0v) is 16.2. The van der Waals surface area contributed by atoms with Crippen LogP contribution in [-0.4, -0.2) is 41.9 Å². The first kappa shape index (κ1) is 18.9. The summed E-state index contributed by atoms with van der Waals surface area (Å²) in [7, 11) is 0. The highest BCUT2D eigenvalue weighted by Gasteiger charge is 2.38. The second kappa shape index (κ2) is 7.54. The van der Waals surface area contributed by atoms with Crippen LogP contribution in [0.25, 0.3) is 0 Å². The fraction of sp³-hybridized carbons (Fsp3) is 0.250. The maximum absolute atomic E-state index is 12.7. The van der Waals surface area contributed by atoms with Crippen LogP contribution in [0.15, 0.2) is 36.4 Å². The van der Waals surface area contributed by atoms with Gasteiger partial charge in [0.2, 0.25) is 0 Å². The summed E-state index contributed by atoms with van der Waals surface area (Å²) < 4.78 is 5.53. The van der Waals surface area contributed by atoms with Gasteiger partial charge in [0.25, 0.3) is 17.7 Å². The van der Waals surface area contributed by atoms with E-state index >= 15 is 0 Å². The number of hydrogen-bond acceptors (Lipinski definition) is 4. The van der Waals surface area contributed by atoms with Crippen molar-refractivity contribution in [2.75, 3.05) is 18.5 Å². The molecule has 8 heteroatoms. The van der Waals surface area contributed by atoms with Gasteiger partial charge in [0, 0.05) is 12.2 Å². The van der Waals surface area contributed by atoms with Crippen molar-refractivity contribution in [3.8, 4) is 0 Å². The van der Waals surface area contributed by atoms with E-state index in [1.54, 1.807) is 18.2 Å². The van der Waals surface area contributed by atoms with Crippen LogP contribution in [-0.2, 0) is 4.74 Å². The molecule has 2 aromatic carbocycles. The first-order valence-electron chi connectivity index (χ1n) is 8.83. The molecule has 0 spiro atoms. The number of carbonyl (C=O) groups excluding carboxylic acids is 3. The lowest BCUT2D eigenvalue weighted by molar-refractivity contribution is 0.0475. The molecule has 0 aromatic heterocycles. The third-order valence-corrected chi connectivity index (χ3v) is 5.66. The van der Waals surface area contributed by atoms with Crippen LogP contribution in [0.2, 0.25) is 10.0 Å². The lowest BCUT2D eigenvalue weighted by Crippen LogP contribution is -2.36. The van der Waals surface area contributed by atoms with Crippen LogP contribution in [0, 0.1) is 0 Å². The Kier molecular flexibility index (Phi) is 5.10. The van der Waals surface area contributed by atoms with E-state index in [9.17, 15) is 14.4 Å². The number of nitrogens with one attached hydrogen (secondary N) is 1. The van der Waals surface area contributed by atoms with E-state index in [4.69, 9.17) is 27.9 Å². The first-order valence-corrected chi connectivity index (χ1v) is 9.58. The van der Waals surface area contributed by atoms with Crippen molar-refractivity contribution in [3.05, 3.63) is 63.1 Å². The van der Waals surface area contributed by atoms with E-state index in [2.05, 4.69) is 5.32 Å². The minimum Gasteiger partial charge on any atom is -0.376 e. The van der Waals surface area contributed by atoms with Gasteiger partial charge in [-0.25, -0.2) is 0 Å². The number of nitrogens with zero attached hydrogens (tertiary/aromatic N) is 1. The summed E-state index contributed by atoms with van der Waals surface area (Å²) in [5.41, 5.74) is 1.12. The van der Waals surface area contributed by atoms with Crippen LogP contribution < -0.4 is 5.32 Å². The van der Waals surface area contributed by atoms with Gasteiger partial charge in [-0.05, 0) is 43.2 Å². The molecule has 0 radical (unpaired) electrons. The fourth-order valence-corrected chi connectivity index (χ4v) is 3.73. The molecule has 1 saturated heterocycles. The SMILES string of the molecule is O=C(Nc1cccc(Cl)c1Cl)c1ccc2c(c1)C(=O)N(CC1CCCO1)C2=O. The normalized spacial score (nSPS) is 18.5. The Bertz CT molecular complexity index is 986. The van der Waals surface area contributed by atoms with Gasteiger partial charge in [-0.3, -0.25) is 19.3 Å². The van der Waals surface area contributed by atoms with Crippen molar-refractivity contribution in [3.63, 3.8) is 0 Å². The number of amides is 3. The molecule has 0 saturated carbocycles. The van der Waals surface area contributed by atoms with Crippen LogP contribution >= 0.6 is 23.2 Å². The van der Waals surface area contributed by atoms with Gasteiger partial charge in [0.15, 0.2) is 0 Å². The van der Waals surface area contributed by atoms with Crippen LogP contribution in [0.5, 0.6) is 0 Å². The molecule has 28 heavy (non-hydrogen) atoms. The lowest BCUT2D eigenvalue weighted by Gasteiger charge is -2.17. The molecular weight excluding hydrogens is 403 g/mol. The van der Waals surface area contributed by atoms with E-state index in [-0.39, 0.29) is 34.7 Å². The summed E-state index contributed by atoms with van der Waals surface area (Å²) in [6, 6.07) is 9.34. The highest BCUT2D eigenvalue weighted by molar-refractivity contribution is 6.44. The van der Waals surface area contributed by atoms with Gasteiger partial charge < -0.3 is 10.1 Å². The third kappa shape index (κ3) is 3.39. The molecule has 4 rings (SSSR count). The maximum atomic E-state index is 12.7. The molecular formula is C20H16Cl2N2O4. The number of rotatable bonds is 4. The van der Waals surface area contributed by atoms with Crippen molar-refractivity contribution in [2.45, 2.75) is 18.9 Å². The molecule has 2 aliphatic rings. The van der Waals surface area contributed by atoms with Gasteiger partial charge in [0.1, 0.15) is 0 Å². The molecule has 2 aromatic rings. The topological polar surface area (TPSA) is 75.7 Å². The fourth-order valence-electron chi connectivity index (χ4n) is 3.38. The zero-order valence-electron chi connectivity index (χ0n) is 14.7.